The molecule has 0 aliphatic rings. The van der Waals surface area contributed by atoms with Crippen LogP contribution in [0.1, 0.15) is 5.56 Å². The Balaban J connectivity index is 1.28. The number of thiazole rings is 1. The van der Waals surface area contributed by atoms with E-state index in [9.17, 15) is 9.59 Å². The molecule has 0 unspecified atom stereocenters. The molecule has 3 aromatic heterocycles. The molecule has 5 aromatic rings. The number of amides is 1. The van der Waals surface area contributed by atoms with Gasteiger partial charge in [0.1, 0.15) is 5.75 Å². The number of benzene rings is 2. The van der Waals surface area contributed by atoms with Crippen LogP contribution in [0.25, 0.3) is 22.4 Å². The van der Waals surface area contributed by atoms with Crippen molar-refractivity contribution in [3.05, 3.63) is 99.6 Å². The summed E-state index contributed by atoms with van der Waals surface area (Å²) in [6.45, 7) is -0.101. The number of fused-ring (bicyclic) bond motifs is 1. The molecular formula is C24H17N5O3S. The second-order valence-electron chi connectivity index (χ2n) is 7.05. The Hall–Kier alpha value is -4.37. The second-order valence-corrected chi connectivity index (χ2v) is 8.06. The predicted octanol–water partition coefficient (Wildman–Crippen LogP) is 2.78. The van der Waals surface area contributed by atoms with Crippen LogP contribution in [0, 0.1) is 0 Å². The van der Waals surface area contributed by atoms with Crippen molar-refractivity contribution in [3.8, 4) is 17.1 Å². The first-order valence-electron chi connectivity index (χ1n) is 10.1. The lowest BCUT2D eigenvalue weighted by Gasteiger charge is -2.07. The smallest absolute Gasteiger partial charge is 0.291 e. The molecule has 0 aliphatic carbocycles. The lowest BCUT2D eigenvalue weighted by Crippen LogP contribution is -2.23. The highest BCUT2D eigenvalue weighted by Crippen LogP contribution is 2.16. The Morgan fingerprint density at radius 3 is 2.52 bits per heavy atom. The van der Waals surface area contributed by atoms with Gasteiger partial charge >= 0.3 is 0 Å². The Kier molecular flexibility index (Phi) is 5.61. The maximum atomic E-state index is 12.7. The molecule has 1 N–H and O–H groups in total. The maximum absolute atomic E-state index is 12.7. The number of hydrogen-bond acceptors (Lipinski definition) is 7. The molecule has 0 atom stereocenters. The van der Waals surface area contributed by atoms with E-state index in [-0.39, 0.29) is 18.1 Å². The van der Waals surface area contributed by atoms with Crippen LogP contribution in [0.15, 0.2) is 83.9 Å². The van der Waals surface area contributed by atoms with E-state index >= 15 is 0 Å². The van der Waals surface area contributed by atoms with Crippen LogP contribution >= 0.6 is 11.3 Å². The van der Waals surface area contributed by atoms with E-state index in [2.05, 4.69) is 20.4 Å². The first-order chi connectivity index (χ1) is 16.2. The number of ether oxygens (including phenoxy) is 1. The summed E-state index contributed by atoms with van der Waals surface area (Å²) in [4.78, 5) is 33.7. The van der Waals surface area contributed by atoms with Gasteiger partial charge in [-0.25, -0.2) is 0 Å². The molecule has 0 saturated carbocycles. The fraction of sp³-hybridized carbons (Fsp3) is 0.0417. The third-order valence-electron chi connectivity index (χ3n) is 4.73. The van der Waals surface area contributed by atoms with Crippen LogP contribution in [-0.2, 0) is 4.79 Å². The highest BCUT2D eigenvalue weighted by atomic mass is 32.1. The van der Waals surface area contributed by atoms with Crippen LogP contribution in [0.4, 0.5) is 5.69 Å². The summed E-state index contributed by atoms with van der Waals surface area (Å²) < 4.78 is 7.39. The van der Waals surface area contributed by atoms with Gasteiger partial charge in [0.2, 0.25) is 4.96 Å². The van der Waals surface area contributed by atoms with E-state index in [1.807, 2.05) is 42.5 Å². The summed E-state index contributed by atoms with van der Waals surface area (Å²) in [5.74, 6) is 0.806. The Morgan fingerprint density at radius 2 is 1.79 bits per heavy atom. The van der Waals surface area contributed by atoms with Crippen molar-refractivity contribution < 1.29 is 9.53 Å². The fourth-order valence-electron chi connectivity index (χ4n) is 3.14. The summed E-state index contributed by atoms with van der Waals surface area (Å²) in [7, 11) is 0. The molecule has 3 heterocycles. The zero-order chi connectivity index (χ0) is 22.6. The zero-order valence-electron chi connectivity index (χ0n) is 17.2. The molecule has 0 aliphatic heterocycles. The van der Waals surface area contributed by atoms with Crippen LogP contribution in [0.3, 0.4) is 0 Å². The largest absolute Gasteiger partial charge is 0.484 e. The average Bonchev–Trinajstić information content (AvgIpc) is 3.39. The number of anilines is 1. The Morgan fingerprint density at radius 1 is 1.03 bits per heavy atom. The number of pyridine rings is 1. The Bertz CT molecular complexity index is 1510. The normalized spacial score (nSPS) is 11.6. The van der Waals surface area contributed by atoms with Crippen molar-refractivity contribution in [2.24, 2.45) is 0 Å². The first-order valence-corrected chi connectivity index (χ1v) is 10.9. The van der Waals surface area contributed by atoms with Gasteiger partial charge in [0.05, 0.1) is 4.53 Å². The summed E-state index contributed by atoms with van der Waals surface area (Å²) in [6, 6.07) is 19.9. The SMILES string of the molecule is O=C(COc1ccc(/C=c2\sc3nc(-c4ccncc4)nn3c2=O)cc1)Nc1ccccc1. The van der Waals surface area contributed by atoms with Crippen molar-refractivity contribution in [1.82, 2.24) is 19.6 Å². The molecule has 162 valence electrons. The van der Waals surface area contributed by atoms with Crippen LogP contribution in [0.5, 0.6) is 5.75 Å². The average molecular weight is 455 g/mol. The van der Waals surface area contributed by atoms with Crippen molar-refractivity contribution in [3.63, 3.8) is 0 Å². The molecule has 0 radical (unpaired) electrons. The van der Waals surface area contributed by atoms with Crippen LogP contribution < -0.4 is 20.1 Å². The van der Waals surface area contributed by atoms with E-state index in [1.165, 1.54) is 15.9 Å². The van der Waals surface area contributed by atoms with E-state index in [0.29, 0.717) is 26.8 Å². The highest BCUT2D eigenvalue weighted by molar-refractivity contribution is 7.15. The molecular weight excluding hydrogens is 438 g/mol. The standard InChI is InChI=1S/C24H17N5O3S/c30-21(26-18-4-2-1-3-5-18)15-32-19-8-6-16(7-9-19)14-20-23(31)29-24(33-20)27-22(28-29)17-10-12-25-13-11-17/h1-14H,15H2,(H,26,30)/b20-14-. The minimum atomic E-state index is -0.242. The van der Waals surface area contributed by atoms with Crippen LogP contribution in [0.2, 0.25) is 0 Å². The van der Waals surface area contributed by atoms with Gasteiger partial charge in [-0.1, -0.05) is 41.7 Å². The van der Waals surface area contributed by atoms with Crippen LogP contribution in [-0.4, -0.2) is 32.1 Å². The molecule has 9 heteroatoms. The number of carbonyl (C=O) groups excluding carboxylic acids is 1. The topological polar surface area (TPSA) is 98.5 Å². The Labute approximate surface area is 191 Å². The maximum Gasteiger partial charge on any atom is 0.291 e. The third kappa shape index (κ3) is 4.63. The molecule has 0 bridgehead atoms. The molecule has 1 amide bonds. The molecule has 33 heavy (non-hydrogen) atoms. The van der Waals surface area contributed by atoms with E-state index < -0.39 is 0 Å². The molecule has 8 nitrogen and oxygen atoms in total. The summed E-state index contributed by atoms with van der Waals surface area (Å²) in [5, 5.41) is 7.09. The number of para-hydroxylation sites is 1. The lowest BCUT2D eigenvalue weighted by atomic mass is 10.2. The minimum absolute atomic E-state index is 0.101. The lowest BCUT2D eigenvalue weighted by molar-refractivity contribution is -0.118. The van der Waals surface area contributed by atoms with Gasteiger partial charge in [-0.05, 0) is 48.0 Å². The third-order valence-corrected chi connectivity index (χ3v) is 5.68. The van der Waals surface area contributed by atoms with Gasteiger partial charge in [0.15, 0.2) is 12.4 Å². The highest BCUT2D eigenvalue weighted by Gasteiger charge is 2.11. The molecule has 0 fully saturated rings. The quantitative estimate of drug-likeness (QED) is 0.423. The van der Waals surface area contributed by atoms with Gasteiger partial charge in [-0.15, -0.1) is 5.10 Å². The van der Waals surface area contributed by atoms with Crippen molar-refractivity contribution in [2.75, 3.05) is 11.9 Å². The predicted molar refractivity (Wildman–Crippen MR) is 126 cm³/mol. The van der Waals surface area contributed by atoms with Crippen molar-refractivity contribution in [1.29, 1.82) is 0 Å². The number of nitrogens with one attached hydrogen (secondary N) is 1. The number of nitrogens with zero attached hydrogens (tertiary/aromatic N) is 4. The molecule has 2 aromatic carbocycles. The summed E-state index contributed by atoms with van der Waals surface area (Å²) in [6.07, 6.45) is 5.09. The van der Waals surface area contributed by atoms with Gasteiger partial charge in [-0.3, -0.25) is 14.6 Å². The van der Waals surface area contributed by atoms with Gasteiger partial charge in [0.25, 0.3) is 11.5 Å². The number of rotatable bonds is 6. The van der Waals surface area contributed by atoms with Crippen molar-refractivity contribution in [2.45, 2.75) is 0 Å². The number of carbonyl (C=O) groups is 1. The second kappa shape index (κ2) is 9.01. The van der Waals surface area contributed by atoms with Gasteiger partial charge in [-0.2, -0.15) is 9.50 Å². The van der Waals surface area contributed by atoms with Crippen molar-refractivity contribution >= 4 is 34.0 Å². The van der Waals surface area contributed by atoms with E-state index in [0.717, 1.165) is 11.1 Å². The van der Waals surface area contributed by atoms with E-state index in [1.54, 1.807) is 42.7 Å². The first kappa shape index (κ1) is 20.5. The fourth-order valence-corrected chi connectivity index (χ4v) is 4.04. The molecule has 0 saturated heterocycles. The zero-order valence-corrected chi connectivity index (χ0v) is 18.0. The summed E-state index contributed by atoms with van der Waals surface area (Å²) in [5.41, 5.74) is 2.13. The van der Waals surface area contributed by atoms with Gasteiger partial charge < -0.3 is 10.1 Å². The van der Waals surface area contributed by atoms with Gasteiger partial charge in [0, 0.05) is 23.6 Å². The number of aromatic nitrogens is 4. The minimum Gasteiger partial charge on any atom is -0.484 e. The molecule has 5 rings (SSSR count). The monoisotopic (exact) mass is 455 g/mol. The summed E-state index contributed by atoms with van der Waals surface area (Å²) >= 11 is 1.27. The van der Waals surface area contributed by atoms with E-state index in [4.69, 9.17) is 4.74 Å². The number of hydrogen-bond donors (Lipinski definition) is 1. The molecule has 0 spiro atoms.